The minimum Gasteiger partial charge on any atom is -0.335 e. The second-order valence-electron chi connectivity index (χ2n) is 3.32. The summed E-state index contributed by atoms with van der Waals surface area (Å²) in [7, 11) is 0. The normalized spacial score (nSPS) is 15.1. The van der Waals surface area contributed by atoms with Crippen LogP contribution >= 0.6 is 11.8 Å². The van der Waals surface area contributed by atoms with Crippen LogP contribution in [-0.2, 0) is 0 Å². The first kappa shape index (κ1) is 11.0. The molecule has 82 valence electrons. The number of aliphatic imine (C=N–C) groups is 1. The average molecular weight is 235 g/mol. The third-order valence-corrected chi connectivity index (χ3v) is 3.13. The van der Waals surface area contributed by atoms with E-state index in [0.29, 0.717) is 5.69 Å². The topological polar surface area (TPSA) is 48.2 Å². The van der Waals surface area contributed by atoms with Gasteiger partial charge in [0.15, 0.2) is 5.17 Å². The van der Waals surface area contributed by atoms with Crippen LogP contribution in [0.5, 0.6) is 0 Å². The number of hydrogen-bond acceptors (Lipinski definition) is 4. The Balaban J connectivity index is 2.16. The van der Waals surface area contributed by atoms with Gasteiger partial charge in [-0.25, -0.2) is 4.39 Å². The first-order valence-electron chi connectivity index (χ1n) is 4.93. The SMILES string of the molecule is N#Cc1cc(NC2=NCCCS2)ccc1F. The van der Waals surface area contributed by atoms with Crippen LogP contribution < -0.4 is 5.32 Å². The van der Waals surface area contributed by atoms with Gasteiger partial charge in [0.05, 0.1) is 5.56 Å². The Bertz CT molecular complexity index is 465. The lowest BCUT2D eigenvalue weighted by atomic mass is 10.2. The average Bonchev–Trinajstić information content (AvgIpc) is 2.33. The summed E-state index contributed by atoms with van der Waals surface area (Å²) in [6, 6.07) is 6.20. The van der Waals surface area contributed by atoms with E-state index in [9.17, 15) is 4.39 Å². The zero-order valence-electron chi connectivity index (χ0n) is 8.53. The van der Waals surface area contributed by atoms with Gasteiger partial charge in [0, 0.05) is 18.0 Å². The summed E-state index contributed by atoms with van der Waals surface area (Å²) >= 11 is 1.64. The zero-order chi connectivity index (χ0) is 11.4. The Labute approximate surface area is 97.4 Å². The number of hydrogen-bond donors (Lipinski definition) is 1. The molecule has 0 amide bonds. The molecule has 0 aliphatic carbocycles. The number of nitriles is 1. The van der Waals surface area contributed by atoms with Crippen LogP contribution in [0.2, 0.25) is 0 Å². The third-order valence-electron chi connectivity index (χ3n) is 2.13. The summed E-state index contributed by atoms with van der Waals surface area (Å²) in [6.45, 7) is 0.821. The monoisotopic (exact) mass is 235 g/mol. The van der Waals surface area contributed by atoms with E-state index in [0.717, 1.165) is 23.9 Å². The van der Waals surface area contributed by atoms with Crippen molar-refractivity contribution in [2.45, 2.75) is 6.42 Å². The van der Waals surface area contributed by atoms with Crippen LogP contribution in [0, 0.1) is 17.1 Å². The summed E-state index contributed by atoms with van der Waals surface area (Å²) in [5.74, 6) is 0.546. The van der Waals surface area contributed by atoms with E-state index in [2.05, 4.69) is 10.3 Å². The molecule has 0 fully saturated rings. The molecule has 16 heavy (non-hydrogen) atoms. The molecule has 0 aromatic heterocycles. The molecule has 3 nitrogen and oxygen atoms in total. The molecule has 0 spiro atoms. The highest BCUT2D eigenvalue weighted by Gasteiger charge is 2.07. The van der Waals surface area contributed by atoms with Crippen LogP contribution in [-0.4, -0.2) is 17.5 Å². The maximum Gasteiger partial charge on any atom is 0.161 e. The fourth-order valence-electron chi connectivity index (χ4n) is 1.35. The van der Waals surface area contributed by atoms with Gasteiger partial charge in [-0.2, -0.15) is 5.26 Å². The number of halogens is 1. The summed E-state index contributed by atoms with van der Waals surface area (Å²) in [5.41, 5.74) is 0.748. The van der Waals surface area contributed by atoms with Crippen molar-refractivity contribution in [1.29, 1.82) is 5.26 Å². The predicted octanol–water partition coefficient (Wildman–Crippen LogP) is 2.60. The summed E-state index contributed by atoms with van der Waals surface area (Å²) in [5, 5.41) is 12.6. The lowest BCUT2D eigenvalue weighted by Gasteiger charge is -2.13. The van der Waals surface area contributed by atoms with Crippen LogP contribution in [0.4, 0.5) is 10.1 Å². The van der Waals surface area contributed by atoms with E-state index >= 15 is 0 Å². The molecular weight excluding hydrogens is 225 g/mol. The van der Waals surface area contributed by atoms with Crippen LogP contribution in [0.15, 0.2) is 23.2 Å². The largest absolute Gasteiger partial charge is 0.335 e. The molecular formula is C11H10FN3S. The molecule has 1 heterocycles. The Kier molecular flexibility index (Phi) is 3.42. The number of thioether (sulfide) groups is 1. The molecule has 0 saturated carbocycles. The molecule has 1 aromatic carbocycles. The van der Waals surface area contributed by atoms with Gasteiger partial charge in [-0.15, -0.1) is 0 Å². The van der Waals surface area contributed by atoms with Crippen LogP contribution in [0.25, 0.3) is 0 Å². The Morgan fingerprint density at radius 1 is 1.50 bits per heavy atom. The van der Waals surface area contributed by atoms with E-state index in [4.69, 9.17) is 5.26 Å². The lowest BCUT2D eigenvalue weighted by molar-refractivity contribution is 0.624. The number of nitrogens with one attached hydrogen (secondary N) is 1. The highest BCUT2D eigenvalue weighted by molar-refractivity contribution is 8.14. The van der Waals surface area contributed by atoms with Gasteiger partial charge < -0.3 is 5.32 Å². The number of nitrogens with zero attached hydrogens (tertiary/aromatic N) is 2. The lowest BCUT2D eigenvalue weighted by Crippen LogP contribution is -2.13. The smallest absolute Gasteiger partial charge is 0.161 e. The number of rotatable bonds is 1. The Hall–Kier alpha value is -1.54. The molecule has 1 N–H and O–H groups in total. The minimum atomic E-state index is -0.494. The minimum absolute atomic E-state index is 0.0476. The summed E-state index contributed by atoms with van der Waals surface area (Å²) < 4.78 is 13.1. The van der Waals surface area contributed by atoms with Crippen molar-refractivity contribution in [2.24, 2.45) is 4.99 Å². The first-order chi connectivity index (χ1) is 7.79. The Morgan fingerprint density at radius 2 is 2.38 bits per heavy atom. The van der Waals surface area contributed by atoms with Crippen molar-refractivity contribution in [3.63, 3.8) is 0 Å². The van der Waals surface area contributed by atoms with Crippen LogP contribution in [0.1, 0.15) is 12.0 Å². The van der Waals surface area contributed by atoms with E-state index in [-0.39, 0.29) is 5.56 Å². The molecule has 5 heteroatoms. The van der Waals surface area contributed by atoms with Gasteiger partial charge in [0.2, 0.25) is 0 Å². The molecule has 1 aliphatic heterocycles. The molecule has 0 unspecified atom stereocenters. The van der Waals surface area contributed by atoms with Gasteiger partial charge in [0.25, 0.3) is 0 Å². The maximum atomic E-state index is 13.1. The molecule has 1 aromatic rings. The van der Waals surface area contributed by atoms with Crippen molar-refractivity contribution in [3.8, 4) is 6.07 Å². The predicted molar refractivity (Wildman–Crippen MR) is 64.1 cm³/mol. The van der Waals surface area contributed by atoms with Gasteiger partial charge in [-0.05, 0) is 24.6 Å². The van der Waals surface area contributed by atoms with Gasteiger partial charge in [-0.1, -0.05) is 11.8 Å². The standard InChI is InChI=1S/C11H10FN3S/c12-10-3-2-9(6-8(10)7-13)15-11-14-4-1-5-16-11/h2-3,6H,1,4-5H2,(H,14,15). The summed E-state index contributed by atoms with van der Waals surface area (Å²) in [4.78, 5) is 4.29. The quantitative estimate of drug-likeness (QED) is 0.814. The maximum absolute atomic E-state index is 13.1. The number of amidine groups is 1. The zero-order valence-corrected chi connectivity index (χ0v) is 9.35. The van der Waals surface area contributed by atoms with E-state index in [1.165, 1.54) is 12.1 Å². The van der Waals surface area contributed by atoms with Crippen molar-refractivity contribution in [2.75, 3.05) is 17.6 Å². The van der Waals surface area contributed by atoms with E-state index in [1.807, 2.05) is 6.07 Å². The van der Waals surface area contributed by atoms with Gasteiger partial charge in [0.1, 0.15) is 11.9 Å². The second kappa shape index (κ2) is 4.99. The molecule has 2 rings (SSSR count). The number of anilines is 1. The van der Waals surface area contributed by atoms with Gasteiger partial charge >= 0.3 is 0 Å². The Morgan fingerprint density at radius 3 is 3.06 bits per heavy atom. The second-order valence-corrected chi connectivity index (χ2v) is 4.40. The van der Waals surface area contributed by atoms with Crippen molar-refractivity contribution in [1.82, 2.24) is 0 Å². The molecule has 0 radical (unpaired) electrons. The van der Waals surface area contributed by atoms with Crippen molar-refractivity contribution >= 4 is 22.6 Å². The first-order valence-corrected chi connectivity index (χ1v) is 5.92. The third kappa shape index (κ3) is 2.52. The molecule has 0 atom stereocenters. The van der Waals surface area contributed by atoms with E-state index in [1.54, 1.807) is 17.8 Å². The van der Waals surface area contributed by atoms with E-state index < -0.39 is 5.82 Å². The highest BCUT2D eigenvalue weighted by Crippen LogP contribution is 2.18. The van der Waals surface area contributed by atoms with Crippen molar-refractivity contribution < 1.29 is 4.39 Å². The van der Waals surface area contributed by atoms with Crippen molar-refractivity contribution in [3.05, 3.63) is 29.6 Å². The fourth-order valence-corrected chi connectivity index (χ4v) is 2.19. The molecule has 0 saturated heterocycles. The molecule has 1 aliphatic rings. The highest BCUT2D eigenvalue weighted by atomic mass is 32.2. The number of benzene rings is 1. The van der Waals surface area contributed by atoms with Crippen LogP contribution in [0.3, 0.4) is 0 Å². The van der Waals surface area contributed by atoms with Gasteiger partial charge in [-0.3, -0.25) is 4.99 Å². The fraction of sp³-hybridized carbons (Fsp3) is 0.273. The summed E-state index contributed by atoms with van der Waals surface area (Å²) in [6.07, 6.45) is 1.09. The molecule has 0 bridgehead atoms.